The third-order valence-corrected chi connectivity index (χ3v) is 5.87. The fourth-order valence-electron chi connectivity index (χ4n) is 4.35. The van der Waals surface area contributed by atoms with Crippen molar-refractivity contribution in [2.45, 2.75) is 26.4 Å². The molecule has 3 heterocycles. The Morgan fingerprint density at radius 1 is 1.28 bits per heavy atom. The minimum Gasteiger partial charge on any atom is -0.345 e. The molecule has 2 atom stereocenters. The van der Waals surface area contributed by atoms with Crippen LogP contribution in [0.2, 0.25) is 5.02 Å². The summed E-state index contributed by atoms with van der Waals surface area (Å²) in [6, 6.07) is 6.49. The number of aromatic nitrogens is 1. The van der Waals surface area contributed by atoms with Gasteiger partial charge in [-0.3, -0.25) is 9.69 Å². The molecule has 0 fully saturated rings. The molecule has 0 saturated carbocycles. The number of hydrogen-bond acceptors (Lipinski definition) is 2. The zero-order valence-electron chi connectivity index (χ0n) is 15.0. The van der Waals surface area contributed by atoms with Crippen LogP contribution in [-0.4, -0.2) is 53.0 Å². The Labute approximate surface area is 153 Å². The average molecular weight is 358 g/mol. The number of amides is 1. The van der Waals surface area contributed by atoms with Gasteiger partial charge in [0, 0.05) is 48.3 Å². The summed E-state index contributed by atoms with van der Waals surface area (Å²) >= 11 is 6.37. The second-order valence-corrected chi connectivity index (χ2v) is 7.49. The highest BCUT2D eigenvalue weighted by atomic mass is 35.5. The van der Waals surface area contributed by atoms with Crippen LogP contribution >= 0.6 is 11.6 Å². The molecule has 0 aliphatic carbocycles. The molecule has 4 nitrogen and oxygen atoms in total. The first-order chi connectivity index (χ1) is 12.0. The summed E-state index contributed by atoms with van der Waals surface area (Å²) in [5.74, 6) is 0.133. The largest absolute Gasteiger partial charge is 0.345 e. The van der Waals surface area contributed by atoms with E-state index in [-0.39, 0.29) is 11.8 Å². The van der Waals surface area contributed by atoms with Gasteiger partial charge >= 0.3 is 0 Å². The molecule has 0 radical (unpaired) electrons. The van der Waals surface area contributed by atoms with E-state index < -0.39 is 0 Å². The van der Waals surface area contributed by atoms with E-state index in [4.69, 9.17) is 11.6 Å². The van der Waals surface area contributed by atoms with Gasteiger partial charge in [0.1, 0.15) is 0 Å². The molecule has 1 unspecified atom stereocenters. The van der Waals surface area contributed by atoms with Crippen LogP contribution in [0.25, 0.3) is 16.5 Å². The molecule has 0 N–H and O–H groups in total. The quantitative estimate of drug-likeness (QED) is 0.841. The monoisotopic (exact) mass is 357 g/mol. The highest BCUT2D eigenvalue weighted by Crippen LogP contribution is 2.40. The lowest BCUT2D eigenvalue weighted by molar-refractivity contribution is -0.134. The second kappa shape index (κ2) is 6.19. The SMILES string of the molecule is CCN(CC)C(=O)[C@@H]1C=C2c3cc(Cl)cc4ccn(c34)CC2N(C)C1. The molecule has 25 heavy (non-hydrogen) atoms. The van der Waals surface area contributed by atoms with Gasteiger partial charge in [0.25, 0.3) is 0 Å². The van der Waals surface area contributed by atoms with Crippen molar-refractivity contribution < 1.29 is 4.79 Å². The minimum atomic E-state index is -0.0910. The summed E-state index contributed by atoms with van der Waals surface area (Å²) in [7, 11) is 2.12. The average Bonchev–Trinajstić information content (AvgIpc) is 3.00. The predicted molar refractivity (Wildman–Crippen MR) is 103 cm³/mol. The minimum absolute atomic E-state index is 0.0910. The molecule has 1 amide bonds. The van der Waals surface area contributed by atoms with Crippen molar-refractivity contribution in [3.63, 3.8) is 0 Å². The zero-order chi connectivity index (χ0) is 17.7. The molecule has 2 aromatic rings. The fourth-order valence-corrected chi connectivity index (χ4v) is 4.58. The molecular formula is C20H24ClN3O. The smallest absolute Gasteiger partial charge is 0.230 e. The Morgan fingerprint density at radius 2 is 2.04 bits per heavy atom. The Bertz CT molecular complexity index is 865. The van der Waals surface area contributed by atoms with E-state index in [2.05, 4.69) is 40.9 Å². The molecule has 0 saturated heterocycles. The Balaban J connectivity index is 1.83. The first-order valence-corrected chi connectivity index (χ1v) is 9.40. The van der Waals surface area contributed by atoms with Crippen LogP contribution in [0.15, 0.2) is 30.5 Å². The molecule has 2 aliphatic rings. The molecular weight excluding hydrogens is 334 g/mol. The predicted octanol–water partition coefficient (Wildman–Crippen LogP) is 3.49. The Hall–Kier alpha value is -1.78. The van der Waals surface area contributed by atoms with Crippen molar-refractivity contribution in [2.75, 3.05) is 26.7 Å². The maximum Gasteiger partial charge on any atom is 0.230 e. The number of fused-ring (bicyclic) bond motifs is 2. The van der Waals surface area contributed by atoms with Gasteiger partial charge in [-0.05, 0) is 44.7 Å². The van der Waals surface area contributed by atoms with Gasteiger partial charge < -0.3 is 9.47 Å². The number of carbonyl (C=O) groups excluding carboxylic acids is 1. The molecule has 2 aliphatic heterocycles. The summed E-state index contributed by atoms with van der Waals surface area (Å²) in [5, 5.41) is 1.92. The number of benzene rings is 1. The van der Waals surface area contributed by atoms with Crippen LogP contribution in [0.3, 0.4) is 0 Å². The number of rotatable bonds is 3. The molecule has 5 heteroatoms. The lowest BCUT2D eigenvalue weighted by Gasteiger charge is -2.41. The number of carbonyl (C=O) groups is 1. The highest BCUT2D eigenvalue weighted by molar-refractivity contribution is 6.31. The molecule has 132 valence electrons. The van der Waals surface area contributed by atoms with E-state index in [0.717, 1.165) is 31.2 Å². The van der Waals surface area contributed by atoms with E-state index in [1.165, 1.54) is 22.0 Å². The molecule has 0 spiro atoms. The number of likely N-dealkylation sites (N-methyl/N-ethyl adjacent to an activating group) is 1. The van der Waals surface area contributed by atoms with Crippen molar-refractivity contribution in [2.24, 2.45) is 5.92 Å². The van der Waals surface area contributed by atoms with Gasteiger partial charge in [-0.2, -0.15) is 0 Å². The summed E-state index contributed by atoms with van der Waals surface area (Å²) in [6.45, 7) is 7.28. The van der Waals surface area contributed by atoms with Crippen molar-refractivity contribution in [1.29, 1.82) is 0 Å². The van der Waals surface area contributed by atoms with Gasteiger partial charge in [-0.1, -0.05) is 17.7 Å². The third-order valence-electron chi connectivity index (χ3n) is 5.65. The summed E-state index contributed by atoms with van der Waals surface area (Å²) in [5.41, 5.74) is 3.65. The van der Waals surface area contributed by atoms with Crippen LogP contribution in [0.1, 0.15) is 19.4 Å². The van der Waals surface area contributed by atoms with Crippen molar-refractivity contribution >= 4 is 34.0 Å². The maximum absolute atomic E-state index is 12.9. The first-order valence-electron chi connectivity index (χ1n) is 9.03. The van der Waals surface area contributed by atoms with E-state index in [9.17, 15) is 4.79 Å². The van der Waals surface area contributed by atoms with E-state index in [1.54, 1.807) is 0 Å². The van der Waals surface area contributed by atoms with Crippen molar-refractivity contribution in [1.82, 2.24) is 14.4 Å². The second-order valence-electron chi connectivity index (χ2n) is 7.05. The van der Waals surface area contributed by atoms with E-state index in [1.807, 2.05) is 24.8 Å². The first kappa shape index (κ1) is 16.7. The molecule has 4 rings (SSSR count). The summed E-state index contributed by atoms with van der Waals surface area (Å²) < 4.78 is 2.31. The molecule has 1 aromatic carbocycles. The third kappa shape index (κ3) is 2.59. The van der Waals surface area contributed by atoms with Crippen LogP contribution in [0, 0.1) is 5.92 Å². The van der Waals surface area contributed by atoms with Gasteiger partial charge in [-0.15, -0.1) is 0 Å². The summed E-state index contributed by atoms with van der Waals surface area (Å²) in [6.07, 6.45) is 4.34. The lowest BCUT2D eigenvalue weighted by atomic mass is 9.85. The van der Waals surface area contributed by atoms with Crippen molar-refractivity contribution in [3.8, 4) is 0 Å². The van der Waals surface area contributed by atoms with E-state index in [0.29, 0.717) is 6.04 Å². The van der Waals surface area contributed by atoms with Gasteiger partial charge in [0.05, 0.1) is 17.5 Å². The fraction of sp³-hybridized carbons (Fsp3) is 0.450. The van der Waals surface area contributed by atoms with Crippen LogP contribution < -0.4 is 0 Å². The van der Waals surface area contributed by atoms with Crippen LogP contribution in [-0.2, 0) is 11.3 Å². The van der Waals surface area contributed by atoms with Gasteiger partial charge in [-0.25, -0.2) is 0 Å². The van der Waals surface area contributed by atoms with Crippen LogP contribution in [0.5, 0.6) is 0 Å². The Morgan fingerprint density at radius 3 is 2.76 bits per heavy atom. The number of halogens is 1. The Kier molecular flexibility index (Phi) is 4.13. The van der Waals surface area contributed by atoms with E-state index >= 15 is 0 Å². The summed E-state index contributed by atoms with van der Waals surface area (Å²) in [4.78, 5) is 17.2. The molecule has 1 aromatic heterocycles. The van der Waals surface area contributed by atoms with Gasteiger partial charge in [0.2, 0.25) is 5.91 Å². The van der Waals surface area contributed by atoms with Gasteiger partial charge in [0.15, 0.2) is 0 Å². The highest BCUT2D eigenvalue weighted by Gasteiger charge is 2.36. The topological polar surface area (TPSA) is 28.5 Å². The number of hydrogen-bond donors (Lipinski definition) is 0. The van der Waals surface area contributed by atoms with Crippen molar-refractivity contribution in [3.05, 3.63) is 41.1 Å². The number of nitrogens with zero attached hydrogens (tertiary/aromatic N) is 3. The normalized spacial score (nSPS) is 22.6. The maximum atomic E-state index is 12.9. The van der Waals surface area contributed by atoms with Crippen LogP contribution in [0.4, 0.5) is 0 Å². The molecule has 0 bridgehead atoms. The lowest BCUT2D eigenvalue weighted by Crippen LogP contribution is -2.48. The zero-order valence-corrected chi connectivity index (χ0v) is 15.8. The standard InChI is InChI=1S/C20H24ClN3O/c1-4-23(5-2)20(25)14-9-16-17-10-15(21)8-13-6-7-24(19(13)17)12-18(16)22(3)11-14/h6-10,14,18H,4-5,11-12H2,1-3H3/t14-,18?/m1/s1.